The highest BCUT2D eigenvalue weighted by molar-refractivity contribution is 5.85. The average molecular weight is 372 g/mol. The van der Waals surface area contributed by atoms with E-state index in [1.165, 1.54) is 6.07 Å². The fourth-order valence-electron chi connectivity index (χ4n) is 3.57. The number of anilines is 1. The van der Waals surface area contributed by atoms with Crippen LogP contribution in [0.5, 0.6) is 0 Å². The molecule has 2 aromatic heterocycles. The van der Waals surface area contributed by atoms with Gasteiger partial charge in [0, 0.05) is 43.2 Å². The van der Waals surface area contributed by atoms with Crippen LogP contribution in [0.4, 0.5) is 5.82 Å². The molecule has 0 radical (unpaired) electrons. The Kier molecular flexibility index (Phi) is 4.86. The predicted molar refractivity (Wildman–Crippen MR) is 98.1 cm³/mol. The average Bonchev–Trinajstić information content (AvgIpc) is 3.15. The first-order valence-corrected chi connectivity index (χ1v) is 8.78. The van der Waals surface area contributed by atoms with E-state index < -0.39 is 5.97 Å². The summed E-state index contributed by atoms with van der Waals surface area (Å²) in [5, 5.41) is 23.9. The van der Waals surface area contributed by atoms with E-state index in [0.717, 1.165) is 5.56 Å². The number of aryl methyl sites for hydroxylation is 1. The Morgan fingerprint density at radius 1 is 1.33 bits per heavy atom. The van der Waals surface area contributed by atoms with Crippen LogP contribution in [0.3, 0.4) is 0 Å². The van der Waals surface area contributed by atoms with Crippen LogP contribution in [0.15, 0.2) is 24.5 Å². The summed E-state index contributed by atoms with van der Waals surface area (Å²) in [7, 11) is 1.86. The minimum Gasteiger partial charge on any atom is -0.476 e. The van der Waals surface area contributed by atoms with E-state index >= 15 is 0 Å². The molecular formula is C18H24N6O3. The van der Waals surface area contributed by atoms with Crippen molar-refractivity contribution in [3.63, 3.8) is 0 Å². The van der Waals surface area contributed by atoms with Crippen molar-refractivity contribution in [2.75, 3.05) is 11.9 Å². The highest BCUT2D eigenvalue weighted by Crippen LogP contribution is 2.42. The van der Waals surface area contributed by atoms with Crippen LogP contribution in [0.2, 0.25) is 0 Å². The van der Waals surface area contributed by atoms with Crippen LogP contribution in [0.1, 0.15) is 49.3 Å². The molecule has 3 heterocycles. The molecule has 9 heteroatoms. The van der Waals surface area contributed by atoms with Crippen molar-refractivity contribution in [3.8, 4) is 0 Å². The molecule has 1 aliphatic rings. The van der Waals surface area contributed by atoms with Crippen molar-refractivity contribution in [1.82, 2.24) is 24.9 Å². The van der Waals surface area contributed by atoms with Gasteiger partial charge in [-0.2, -0.15) is 5.10 Å². The molecule has 9 nitrogen and oxygen atoms in total. The quantitative estimate of drug-likeness (QED) is 0.821. The molecule has 0 unspecified atom stereocenters. The van der Waals surface area contributed by atoms with E-state index in [4.69, 9.17) is 5.11 Å². The van der Waals surface area contributed by atoms with Gasteiger partial charge in [0.05, 0.1) is 12.2 Å². The highest BCUT2D eigenvalue weighted by Gasteiger charge is 2.45. The monoisotopic (exact) mass is 372 g/mol. The molecule has 0 aliphatic carbocycles. The van der Waals surface area contributed by atoms with Gasteiger partial charge in [0.1, 0.15) is 5.82 Å². The van der Waals surface area contributed by atoms with Crippen molar-refractivity contribution < 1.29 is 14.7 Å². The Balaban J connectivity index is 1.80. The standard InChI is InChI=1S/C18H24N6O3/c1-18(2,3)24-15(25)7-11(16(24)12-9-20-23(4)10-12)8-19-14-6-5-13(17(26)27)21-22-14/h5-6,9-11,16H,7-8H2,1-4H3,(H,19,22)(H,26,27)/t11-,16+/m1/s1. The molecule has 27 heavy (non-hydrogen) atoms. The highest BCUT2D eigenvalue weighted by atomic mass is 16.4. The first-order chi connectivity index (χ1) is 12.7. The van der Waals surface area contributed by atoms with Crippen LogP contribution in [-0.4, -0.2) is 53.9 Å². The van der Waals surface area contributed by atoms with Crippen LogP contribution < -0.4 is 5.32 Å². The lowest BCUT2D eigenvalue weighted by atomic mass is 9.93. The van der Waals surface area contributed by atoms with Crippen LogP contribution in [-0.2, 0) is 11.8 Å². The van der Waals surface area contributed by atoms with E-state index in [0.29, 0.717) is 18.8 Å². The number of nitrogens with one attached hydrogen (secondary N) is 1. The smallest absolute Gasteiger partial charge is 0.356 e. The number of carbonyl (C=O) groups excluding carboxylic acids is 1. The van der Waals surface area contributed by atoms with E-state index in [2.05, 4.69) is 20.6 Å². The molecule has 2 aromatic rings. The number of hydrogen-bond acceptors (Lipinski definition) is 6. The third kappa shape index (κ3) is 3.91. The minimum absolute atomic E-state index is 0.0295. The Bertz CT molecular complexity index is 840. The summed E-state index contributed by atoms with van der Waals surface area (Å²) in [6.07, 6.45) is 4.16. The molecule has 0 aromatic carbocycles. The maximum absolute atomic E-state index is 12.7. The van der Waals surface area contributed by atoms with Gasteiger partial charge in [-0.05, 0) is 32.9 Å². The number of nitrogens with zero attached hydrogens (tertiary/aromatic N) is 5. The molecule has 1 fully saturated rings. The summed E-state index contributed by atoms with van der Waals surface area (Å²) < 4.78 is 1.74. The summed E-state index contributed by atoms with van der Waals surface area (Å²) in [6, 6.07) is 2.88. The van der Waals surface area contributed by atoms with Gasteiger partial charge in [0.25, 0.3) is 0 Å². The van der Waals surface area contributed by atoms with Crippen molar-refractivity contribution in [2.24, 2.45) is 13.0 Å². The summed E-state index contributed by atoms with van der Waals surface area (Å²) in [5.41, 5.74) is 0.580. The summed E-state index contributed by atoms with van der Waals surface area (Å²) >= 11 is 0. The van der Waals surface area contributed by atoms with Crippen LogP contribution >= 0.6 is 0 Å². The molecular weight excluding hydrogens is 348 g/mol. The van der Waals surface area contributed by atoms with Gasteiger partial charge >= 0.3 is 5.97 Å². The Morgan fingerprint density at radius 3 is 2.59 bits per heavy atom. The zero-order chi connectivity index (χ0) is 19.8. The number of rotatable bonds is 5. The second-order valence-corrected chi connectivity index (χ2v) is 7.78. The minimum atomic E-state index is -1.12. The van der Waals surface area contributed by atoms with Gasteiger partial charge in [-0.25, -0.2) is 4.79 Å². The maximum atomic E-state index is 12.7. The third-order valence-electron chi connectivity index (χ3n) is 4.65. The van der Waals surface area contributed by atoms with E-state index in [-0.39, 0.29) is 29.1 Å². The molecule has 2 N–H and O–H groups in total. The second kappa shape index (κ2) is 6.98. The van der Waals surface area contributed by atoms with E-state index in [1.807, 2.05) is 38.9 Å². The molecule has 3 rings (SSSR count). The van der Waals surface area contributed by atoms with Crippen LogP contribution in [0, 0.1) is 5.92 Å². The number of hydrogen-bond donors (Lipinski definition) is 2. The third-order valence-corrected chi connectivity index (χ3v) is 4.65. The van der Waals surface area contributed by atoms with Gasteiger partial charge in [-0.3, -0.25) is 9.48 Å². The maximum Gasteiger partial charge on any atom is 0.356 e. The lowest BCUT2D eigenvalue weighted by molar-refractivity contribution is -0.133. The van der Waals surface area contributed by atoms with Crippen LogP contribution in [0.25, 0.3) is 0 Å². The number of carboxylic acid groups (broad SMARTS) is 1. The Hall–Kier alpha value is -2.97. The number of carbonyl (C=O) groups is 2. The Labute approximate surface area is 157 Å². The summed E-state index contributed by atoms with van der Waals surface area (Å²) in [4.78, 5) is 25.5. The fourth-order valence-corrected chi connectivity index (χ4v) is 3.57. The topological polar surface area (TPSA) is 113 Å². The largest absolute Gasteiger partial charge is 0.476 e. The van der Waals surface area contributed by atoms with Gasteiger partial charge < -0.3 is 15.3 Å². The number of amides is 1. The van der Waals surface area contributed by atoms with Crippen molar-refractivity contribution in [2.45, 2.75) is 38.8 Å². The molecule has 1 aliphatic heterocycles. The van der Waals surface area contributed by atoms with Gasteiger partial charge in [-0.1, -0.05) is 0 Å². The molecule has 0 bridgehead atoms. The lowest BCUT2D eigenvalue weighted by Gasteiger charge is -2.38. The molecule has 1 saturated heterocycles. The van der Waals surface area contributed by atoms with Gasteiger partial charge in [-0.15, -0.1) is 10.2 Å². The van der Waals surface area contributed by atoms with Gasteiger partial charge in [0.2, 0.25) is 5.91 Å². The van der Waals surface area contributed by atoms with E-state index in [1.54, 1.807) is 16.9 Å². The number of likely N-dealkylation sites (tertiary alicyclic amines) is 1. The summed E-state index contributed by atoms with van der Waals surface area (Å²) in [5.74, 6) is -0.503. The normalized spacial score (nSPS) is 20.1. The first-order valence-electron chi connectivity index (χ1n) is 8.78. The zero-order valence-electron chi connectivity index (χ0n) is 15.9. The molecule has 2 atom stereocenters. The molecule has 0 spiro atoms. The zero-order valence-corrected chi connectivity index (χ0v) is 15.9. The molecule has 1 amide bonds. The fraction of sp³-hybridized carbons (Fsp3) is 0.500. The number of aromatic nitrogens is 4. The van der Waals surface area contributed by atoms with Crippen molar-refractivity contribution >= 4 is 17.7 Å². The van der Waals surface area contributed by atoms with Gasteiger partial charge in [0.15, 0.2) is 5.69 Å². The molecule has 144 valence electrons. The van der Waals surface area contributed by atoms with E-state index in [9.17, 15) is 9.59 Å². The predicted octanol–water partition coefficient (Wildman–Crippen LogP) is 1.71. The first kappa shape index (κ1) is 18.8. The van der Waals surface area contributed by atoms with Crippen molar-refractivity contribution in [3.05, 3.63) is 35.8 Å². The number of aromatic carboxylic acids is 1. The van der Waals surface area contributed by atoms with Crippen molar-refractivity contribution in [1.29, 1.82) is 0 Å². The lowest BCUT2D eigenvalue weighted by Crippen LogP contribution is -2.44. The number of carboxylic acids is 1. The molecule has 0 saturated carbocycles. The second-order valence-electron chi connectivity index (χ2n) is 7.78. The SMILES string of the molecule is Cn1cc([C@@H]2[C@@H](CNc3ccc(C(=O)O)nn3)CC(=O)N2C(C)(C)C)cn1. The summed E-state index contributed by atoms with van der Waals surface area (Å²) in [6.45, 7) is 6.60. The Morgan fingerprint density at radius 2 is 2.07 bits per heavy atom.